The van der Waals surface area contributed by atoms with Gasteiger partial charge in [-0.1, -0.05) is 115 Å². The lowest BCUT2D eigenvalue weighted by molar-refractivity contribution is 0.151. The fourth-order valence-corrected chi connectivity index (χ4v) is 4.06. The van der Waals surface area contributed by atoms with Crippen LogP contribution < -0.4 is 9.47 Å². The van der Waals surface area contributed by atoms with Gasteiger partial charge in [0.15, 0.2) is 0 Å². The van der Waals surface area contributed by atoms with Crippen molar-refractivity contribution in [1.82, 2.24) is 0 Å². The Hall–Kier alpha value is -4.63. The van der Waals surface area contributed by atoms with Gasteiger partial charge >= 0.3 is 6.16 Å². The molecule has 170 valence electrons. The highest BCUT2D eigenvalue weighted by Crippen LogP contribution is 2.32. The summed E-state index contributed by atoms with van der Waals surface area (Å²) in [6.45, 7) is 0. The summed E-state index contributed by atoms with van der Waals surface area (Å²) in [6, 6.07) is 43.4. The molecule has 3 heteroatoms. The van der Waals surface area contributed by atoms with Crippen molar-refractivity contribution in [1.29, 1.82) is 0 Å². The van der Waals surface area contributed by atoms with Gasteiger partial charge in [0, 0.05) is 17.5 Å². The quantitative estimate of drug-likeness (QED) is 0.191. The number of carbonyl (C=O) groups excluding carboxylic acids is 1. The molecule has 5 aromatic rings. The minimum atomic E-state index is -0.768. The van der Waals surface area contributed by atoms with Crippen LogP contribution in [0.15, 0.2) is 133 Å². The molecule has 0 unspecified atom stereocenters. The van der Waals surface area contributed by atoms with Crippen LogP contribution in [0.25, 0.3) is 22.3 Å². The SMILES string of the molecule is O=C(Oc1ccc(-c2ccccc2)cc1Cc1ccccc1)Oc1ccccc1-c1ccccc1. The summed E-state index contributed by atoms with van der Waals surface area (Å²) in [5.74, 6) is 0.935. The van der Waals surface area contributed by atoms with Crippen molar-refractivity contribution >= 4 is 6.16 Å². The first-order valence-corrected chi connectivity index (χ1v) is 11.5. The molecule has 0 saturated heterocycles. The summed E-state index contributed by atoms with van der Waals surface area (Å²) in [5.41, 5.74) is 6.00. The second-order valence-electron chi connectivity index (χ2n) is 8.17. The van der Waals surface area contributed by atoms with Crippen LogP contribution in [0.5, 0.6) is 11.5 Å². The Kier molecular flexibility index (Phi) is 6.67. The second-order valence-corrected chi connectivity index (χ2v) is 8.17. The van der Waals surface area contributed by atoms with Gasteiger partial charge in [0.2, 0.25) is 0 Å². The van der Waals surface area contributed by atoms with Gasteiger partial charge in [0.1, 0.15) is 11.5 Å². The Morgan fingerprint density at radius 3 is 1.80 bits per heavy atom. The summed E-state index contributed by atoms with van der Waals surface area (Å²) in [5, 5.41) is 0. The molecule has 5 aromatic carbocycles. The van der Waals surface area contributed by atoms with Crippen LogP contribution in [0.1, 0.15) is 11.1 Å². The van der Waals surface area contributed by atoms with Gasteiger partial charge in [0.25, 0.3) is 0 Å². The first-order chi connectivity index (χ1) is 17.3. The van der Waals surface area contributed by atoms with Crippen LogP contribution >= 0.6 is 0 Å². The van der Waals surface area contributed by atoms with Gasteiger partial charge in [-0.05, 0) is 40.5 Å². The lowest BCUT2D eigenvalue weighted by Crippen LogP contribution is -2.15. The first kappa shape index (κ1) is 22.2. The molecule has 35 heavy (non-hydrogen) atoms. The van der Waals surface area contributed by atoms with E-state index in [9.17, 15) is 4.79 Å². The van der Waals surface area contributed by atoms with Gasteiger partial charge in [-0.2, -0.15) is 0 Å². The standard InChI is InChI=1S/C32H24O3/c33-32(35-31-19-11-10-18-29(31)26-16-8-3-9-17-26)34-30-21-20-27(25-14-6-2-7-15-25)23-28(30)22-24-12-4-1-5-13-24/h1-21,23H,22H2. The molecule has 0 heterocycles. The average Bonchev–Trinajstić information content (AvgIpc) is 2.91. The normalized spacial score (nSPS) is 10.5. The van der Waals surface area contributed by atoms with Crippen LogP contribution in [-0.2, 0) is 6.42 Å². The first-order valence-electron chi connectivity index (χ1n) is 11.5. The van der Waals surface area contributed by atoms with E-state index in [1.165, 1.54) is 0 Å². The maximum atomic E-state index is 12.9. The zero-order valence-corrected chi connectivity index (χ0v) is 19.1. The summed E-state index contributed by atoms with van der Waals surface area (Å²) >= 11 is 0. The van der Waals surface area contributed by atoms with Gasteiger partial charge < -0.3 is 9.47 Å². The Balaban J connectivity index is 1.42. The molecule has 0 aromatic heterocycles. The van der Waals surface area contributed by atoms with Crippen molar-refractivity contribution < 1.29 is 14.3 Å². The summed E-state index contributed by atoms with van der Waals surface area (Å²) < 4.78 is 11.4. The molecule has 5 rings (SSSR count). The second kappa shape index (κ2) is 10.5. The number of para-hydroxylation sites is 1. The Morgan fingerprint density at radius 2 is 1.09 bits per heavy atom. The molecular weight excluding hydrogens is 432 g/mol. The highest BCUT2D eigenvalue weighted by atomic mass is 16.7. The van der Waals surface area contributed by atoms with E-state index in [0.717, 1.165) is 33.4 Å². The minimum absolute atomic E-state index is 0.453. The minimum Gasteiger partial charge on any atom is -0.394 e. The zero-order valence-electron chi connectivity index (χ0n) is 19.1. The van der Waals surface area contributed by atoms with Crippen molar-refractivity contribution in [3.63, 3.8) is 0 Å². The molecule has 0 aliphatic rings. The van der Waals surface area contributed by atoms with E-state index in [0.29, 0.717) is 17.9 Å². The van der Waals surface area contributed by atoms with E-state index < -0.39 is 6.16 Å². The molecule has 0 radical (unpaired) electrons. The van der Waals surface area contributed by atoms with E-state index in [2.05, 4.69) is 30.3 Å². The predicted octanol–water partition coefficient (Wildman–Crippen LogP) is 8.19. The topological polar surface area (TPSA) is 35.5 Å². The van der Waals surface area contributed by atoms with Gasteiger partial charge in [-0.25, -0.2) is 4.79 Å². The third-order valence-corrected chi connectivity index (χ3v) is 5.76. The van der Waals surface area contributed by atoms with E-state index >= 15 is 0 Å². The highest BCUT2D eigenvalue weighted by molar-refractivity contribution is 5.76. The van der Waals surface area contributed by atoms with E-state index in [1.54, 1.807) is 6.07 Å². The monoisotopic (exact) mass is 456 g/mol. The summed E-state index contributed by atoms with van der Waals surface area (Å²) in [4.78, 5) is 12.9. The maximum Gasteiger partial charge on any atom is 0.519 e. The van der Waals surface area contributed by atoms with Crippen LogP contribution in [-0.4, -0.2) is 6.16 Å². The van der Waals surface area contributed by atoms with Gasteiger partial charge in [-0.15, -0.1) is 0 Å². The molecule has 3 nitrogen and oxygen atoms in total. The number of hydrogen-bond acceptors (Lipinski definition) is 3. The van der Waals surface area contributed by atoms with Gasteiger partial charge in [0.05, 0.1) is 0 Å². The fourth-order valence-electron chi connectivity index (χ4n) is 4.06. The fraction of sp³-hybridized carbons (Fsp3) is 0.0312. The van der Waals surface area contributed by atoms with Crippen molar-refractivity contribution in [2.45, 2.75) is 6.42 Å². The number of rotatable bonds is 6. The van der Waals surface area contributed by atoms with Crippen molar-refractivity contribution in [3.05, 3.63) is 145 Å². The average molecular weight is 457 g/mol. The van der Waals surface area contributed by atoms with Gasteiger partial charge in [-0.3, -0.25) is 0 Å². The molecule has 0 bridgehead atoms. The van der Waals surface area contributed by atoms with Crippen LogP contribution in [0.3, 0.4) is 0 Å². The summed E-state index contributed by atoms with van der Waals surface area (Å²) in [7, 11) is 0. The van der Waals surface area contributed by atoms with E-state index in [-0.39, 0.29) is 0 Å². The third-order valence-electron chi connectivity index (χ3n) is 5.76. The number of carbonyl (C=O) groups is 1. The van der Waals surface area contributed by atoms with Crippen molar-refractivity contribution in [3.8, 4) is 33.8 Å². The zero-order chi connectivity index (χ0) is 23.9. The Morgan fingerprint density at radius 1 is 0.514 bits per heavy atom. The van der Waals surface area contributed by atoms with Crippen LogP contribution in [0.2, 0.25) is 0 Å². The largest absolute Gasteiger partial charge is 0.519 e. The molecule has 0 aliphatic carbocycles. The molecule has 0 amide bonds. The number of benzene rings is 5. The molecule has 0 aliphatic heterocycles. The molecular formula is C32H24O3. The molecule has 0 atom stereocenters. The molecule has 0 N–H and O–H groups in total. The van der Waals surface area contributed by atoms with Crippen LogP contribution in [0, 0.1) is 0 Å². The summed E-state index contributed by atoms with van der Waals surface area (Å²) in [6.07, 6.45) is -0.139. The van der Waals surface area contributed by atoms with Crippen molar-refractivity contribution in [2.75, 3.05) is 0 Å². The number of ether oxygens (including phenoxy) is 2. The third kappa shape index (κ3) is 5.48. The van der Waals surface area contributed by atoms with E-state index in [4.69, 9.17) is 9.47 Å². The molecule has 0 fully saturated rings. The lowest BCUT2D eigenvalue weighted by Gasteiger charge is -2.14. The Labute approximate surface area is 205 Å². The Bertz CT molecular complexity index is 1410. The number of hydrogen-bond donors (Lipinski definition) is 0. The lowest BCUT2D eigenvalue weighted by atomic mass is 9.98. The maximum absolute atomic E-state index is 12.9. The van der Waals surface area contributed by atoms with Crippen LogP contribution in [0.4, 0.5) is 4.79 Å². The van der Waals surface area contributed by atoms with E-state index in [1.807, 2.05) is 97.1 Å². The smallest absolute Gasteiger partial charge is 0.394 e. The highest BCUT2D eigenvalue weighted by Gasteiger charge is 2.16. The molecule has 0 spiro atoms. The molecule has 0 saturated carbocycles. The van der Waals surface area contributed by atoms with Crippen molar-refractivity contribution in [2.24, 2.45) is 0 Å². The predicted molar refractivity (Wildman–Crippen MR) is 140 cm³/mol.